The van der Waals surface area contributed by atoms with Crippen LogP contribution in [-0.2, 0) is 14.8 Å². The third-order valence-corrected chi connectivity index (χ3v) is 1.32. The zero-order valence-electron chi connectivity index (χ0n) is 4.36. The molecule has 0 aliphatic carbocycles. The van der Waals surface area contributed by atoms with Crippen molar-refractivity contribution in [3.05, 3.63) is 0 Å². The standard InChI is InChI=1S/C3H4N2O3S/c4-2-1-3(6)9(5,7)8/h1H2,(H2,5,7,8). The first-order chi connectivity index (χ1) is 3.98. The molecule has 0 aliphatic heterocycles. The van der Waals surface area contributed by atoms with E-state index < -0.39 is 21.6 Å². The normalized spacial score (nSPS) is 10.2. The summed E-state index contributed by atoms with van der Waals surface area (Å²) in [5.74, 6) is 0. The zero-order valence-corrected chi connectivity index (χ0v) is 5.18. The Kier molecular flexibility index (Phi) is 2.30. The van der Waals surface area contributed by atoms with Crippen molar-refractivity contribution in [2.75, 3.05) is 0 Å². The molecule has 50 valence electrons. The fourth-order valence-corrected chi connectivity index (χ4v) is 0.431. The summed E-state index contributed by atoms with van der Waals surface area (Å²) in [6.07, 6.45) is -0.682. The monoisotopic (exact) mass is 148 g/mol. The number of hydrogen-bond acceptors (Lipinski definition) is 4. The maximum Gasteiger partial charge on any atom is 0.275 e. The summed E-state index contributed by atoms with van der Waals surface area (Å²) in [6, 6.07) is 1.37. The molecule has 0 aromatic heterocycles. The van der Waals surface area contributed by atoms with Gasteiger partial charge in [-0.3, -0.25) is 4.79 Å². The lowest BCUT2D eigenvalue weighted by Crippen LogP contribution is -2.22. The lowest BCUT2D eigenvalue weighted by atomic mass is 10.5. The number of carbonyl (C=O) groups excluding carboxylic acids is 1. The lowest BCUT2D eigenvalue weighted by molar-refractivity contribution is -0.110. The highest BCUT2D eigenvalue weighted by Crippen LogP contribution is 1.85. The van der Waals surface area contributed by atoms with Crippen molar-refractivity contribution in [1.29, 1.82) is 5.26 Å². The third-order valence-electron chi connectivity index (χ3n) is 0.541. The molecule has 5 nitrogen and oxygen atoms in total. The van der Waals surface area contributed by atoms with E-state index in [1.807, 2.05) is 0 Å². The highest BCUT2D eigenvalue weighted by molar-refractivity contribution is 8.04. The molecule has 2 N–H and O–H groups in total. The molecule has 0 bridgehead atoms. The Bertz CT molecular complexity index is 247. The van der Waals surface area contributed by atoms with Gasteiger partial charge in [0.2, 0.25) is 0 Å². The van der Waals surface area contributed by atoms with Crippen LogP contribution in [0, 0.1) is 11.3 Å². The Morgan fingerprint density at radius 1 is 1.67 bits per heavy atom. The van der Waals surface area contributed by atoms with Crippen LogP contribution in [0.5, 0.6) is 0 Å². The molecule has 0 radical (unpaired) electrons. The molecule has 0 aromatic carbocycles. The molecule has 0 fully saturated rings. The van der Waals surface area contributed by atoms with E-state index in [-0.39, 0.29) is 0 Å². The molecule has 0 saturated carbocycles. The Labute approximate surface area is 52.1 Å². The van der Waals surface area contributed by atoms with E-state index in [0.29, 0.717) is 0 Å². The van der Waals surface area contributed by atoms with Gasteiger partial charge in [0.25, 0.3) is 15.1 Å². The third kappa shape index (κ3) is 2.79. The van der Waals surface area contributed by atoms with Gasteiger partial charge in [0.1, 0.15) is 6.42 Å². The minimum atomic E-state index is -4.13. The number of primary sulfonamides is 1. The number of sulfonamides is 1. The summed E-state index contributed by atoms with van der Waals surface area (Å²) in [7, 11) is -4.13. The van der Waals surface area contributed by atoms with Gasteiger partial charge in [-0.1, -0.05) is 0 Å². The van der Waals surface area contributed by atoms with Gasteiger partial charge >= 0.3 is 0 Å². The van der Waals surface area contributed by atoms with Crippen LogP contribution < -0.4 is 5.14 Å². The summed E-state index contributed by atoms with van der Waals surface area (Å²) in [5, 5.41) is 10.9. The van der Waals surface area contributed by atoms with Crippen molar-refractivity contribution in [3.8, 4) is 6.07 Å². The second-order valence-corrected chi connectivity index (χ2v) is 2.80. The number of nitrogens with zero attached hydrogens (tertiary/aromatic N) is 1. The van der Waals surface area contributed by atoms with Gasteiger partial charge in [0, 0.05) is 0 Å². The second-order valence-electron chi connectivity index (χ2n) is 1.25. The molecule has 9 heavy (non-hydrogen) atoms. The molecular weight excluding hydrogens is 144 g/mol. The van der Waals surface area contributed by atoms with Crippen molar-refractivity contribution in [2.24, 2.45) is 5.14 Å². The Morgan fingerprint density at radius 2 is 2.11 bits per heavy atom. The van der Waals surface area contributed by atoms with Crippen LogP contribution in [0.15, 0.2) is 0 Å². The lowest BCUT2D eigenvalue weighted by Gasteiger charge is -1.86. The number of rotatable bonds is 1. The maximum absolute atomic E-state index is 10.1. The molecule has 0 heterocycles. The topological polar surface area (TPSA) is 101 Å². The number of hydrogen-bond donors (Lipinski definition) is 1. The fraction of sp³-hybridized carbons (Fsp3) is 0.333. The second kappa shape index (κ2) is 2.57. The maximum atomic E-state index is 10.1. The van der Waals surface area contributed by atoms with Crippen LogP contribution in [0.25, 0.3) is 0 Å². The molecule has 6 heteroatoms. The number of carbonyl (C=O) groups is 1. The van der Waals surface area contributed by atoms with E-state index in [1.165, 1.54) is 6.07 Å². The SMILES string of the molecule is N#CCC(=O)S(N)(=O)=O. The molecule has 0 atom stereocenters. The average Bonchev–Trinajstić information content (AvgIpc) is 1.64. The van der Waals surface area contributed by atoms with Crippen LogP contribution in [-0.4, -0.2) is 13.5 Å². The largest absolute Gasteiger partial charge is 0.279 e. The molecule has 0 spiro atoms. The molecule has 0 rings (SSSR count). The summed E-state index contributed by atoms with van der Waals surface area (Å²) in [4.78, 5) is 10.1. The van der Waals surface area contributed by atoms with Crippen LogP contribution in [0.3, 0.4) is 0 Å². The van der Waals surface area contributed by atoms with Gasteiger partial charge in [-0.05, 0) is 0 Å². The summed E-state index contributed by atoms with van der Waals surface area (Å²) >= 11 is 0. The van der Waals surface area contributed by atoms with Crippen molar-refractivity contribution in [3.63, 3.8) is 0 Å². The van der Waals surface area contributed by atoms with Crippen molar-refractivity contribution in [2.45, 2.75) is 6.42 Å². The smallest absolute Gasteiger partial charge is 0.275 e. The average molecular weight is 148 g/mol. The van der Waals surface area contributed by atoms with Crippen LogP contribution >= 0.6 is 0 Å². The number of nitrogens with two attached hydrogens (primary N) is 1. The first-order valence-electron chi connectivity index (χ1n) is 1.91. The van der Waals surface area contributed by atoms with Gasteiger partial charge < -0.3 is 0 Å². The Morgan fingerprint density at radius 3 is 2.22 bits per heavy atom. The summed E-state index contributed by atoms with van der Waals surface area (Å²) < 4.78 is 20.0. The van der Waals surface area contributed by atoms with Gasteiger partial charge in [-0.2, -0.15) is 5.26 Å². The quantitative estimate of drug-likeness (QED) is 0.500. The summed E-state index contributed by atoms with van der Waals surface area (Å²) in [6.45, 7) is 0. The molecule has 0 amide bonds. The van der Waals surface area contributed by atoms with Crippen molar-refractivity contribution in [1.82, 2.24) is 0 Å². The molecule has 0 unspecified atom stereocenters. The van der Waals surface area contributed by atoms with E-state index in [2.05, 4.69) is 5.14 Å². The first kappa shape index (κ1) is 8.07. The van der Waals surface area contributed by atoms with Crippen LogP contribution in [0.2, 0.25) is 0 Å². The van der Waals surface area contributed by atoms with Gasteiger partial charge in [-0.15, -0.1) is 0 Å². The van der Waals surface area contributed by atoms with Crippen molar-refractivity contribution >= 4 is 15.1 Å². The van der Waals surface area contributed by atoms with E-state index in [9.17, 15) is 13.2 Å². The highest BCUT2D eigenvalue weighted by atomic mass is 32.2. The van der Waals surface area contributed by atoms with Gasteiger partial charge in [-0.25, -0.2) is 13.6 Å². The van der Waals surface area contributed by atoms with E-state index in [4.69, 9.17) is 5.26 Å². The predicted octanol–water partition coefficient (Wildman–Crippen LogP) is -1.28. The molecular formula is C3H4N2O3S. The van der Waals surface area contributed by atoms with Gasteiger partial charge in [0.15, 0.2) is 0 Å². The van der Waals surface area contributed by atoms with Crippen LogP contribution in [0.4, 0.5) is 0 Å². The van der Waals surface area contributed by atoms with E-state index in [0.717, 1.165) is 0 Å². The Balaban J connectivity index is 4.30. The minimum absolute atomic E-state index is 0.682. The first-order valence-corrected chi connectivity index (χ1v) is 3.45. The fourth-order valence-electron chi connectivity index (χ4n) is 0.165. The number of nitriles is 1. The van der Waals surface area contributed by atoms with E-state index >= 15 is 0 Å². The van der Waals surface area contributed by atoms with Crippen molar-refractivity contribution < 1.29 is 13.2 Å². The molecule has 0 aromatic rings. The predicted molar refractivity (Wildman–Crippen MR) is 28.3 cm³/mol. The molecule has 0 aliphatic rings. The van der Waals surface area contributed by atoms with Crippen LogP contribution in [0.1, 0.15) is 6.42 Å². The highest BCUT2D eigenvalue weighted by Gasteiger charge is 2.14. The Hall–Kier alpha value is -0.930. The van der Waals surface area contributed by atoms with Gasteiger partial charge in [0.05, 0.1) is 6.07 Å². The zero-order chi connectivity index (χ0) is 7.49. The molecule has 0 saturated heterocycles. The van der Waals surface area contributed by atoms with E-state index in [1.54, 1.807) is 0 Å². The summed E-state index contributed by atoms with van der Waals surface area (Å²) in [5.41, 5.74) is 0. The minimum Gasteiger partial charge on any atom is -0.279 e.